The van der Waals surface area contributed by atoms with Gasteiger partial charge in [0.25, 0.3) is 0 Å². The number of nitrogens with two attached hydrogens (primary N) is 1. The van der Waals surface area contributed by atoms with Gasteiger partial charge >= 0.3 is 0 Å². The maximum atomic E-state index is 5.50. The quantitative estimate of drug-likeness (QED) is 0.709. The first-order valence-corrected chi connectivity index (χ1v) is 4.25. The summed E-state index contributed by atoms with van der Waals surface area (Å²) in [5.41, 5.74) is 9.22. The number of benzene rings is 1. The van der Waals surface area contributed by atoms with Crippen molar-refractivity contribution in [3.05, 3.63) is 41.6 Å². The molecule has 0 saturated carbocycles. The van der Waals surface area contributed by atoms with Crippen molar-refractivity contribution in [2.45, 2.75) is 20.3 Å². The van der Waals surface area contributed by atoms with Crippen molar-refractivity contribution < 1.29 is 0 Å². The van der Waals surface area contributed by atoms with Crippen LogP contribution in [0.3, 0.4) is 0 Å². The first-order chi connectivity index (χ1) is 5.77. The van der Waals surface area contributed by atoms with Crippen molar-refractivity contribution >= 4 is 5.57 Å². The maximum Gasteiger partial charge on any atom is -0.00238 e. The highest BCUT2D eigenvalue weighted by Gasteiger charge is 1.96. The molecule has 0 atom stereocenters. The van der Waals surface area contributed by atoms with Crippen LogP contribution in [0.1, 0.15) is 24.5 Å². The second kappa shape index (κ2) is 3.96. The molecule has 64 valence electrons. The first-order valence-electron chi connectivity index (χ1n) is 4.25. The summed E-state index contributed by atoms with van der Waals surface area (Å²) in [5, 5.41) is 0. The molecule has 1 aromatic rings. The van der Waals surface area contributed by atoms with Crippen LogP contribution in [0.25, 0.3) is 5.57 Å². The van der Waals surface area contributed by atoms with Gasteiger partial charge in [-0.25, -0.2) is 0 Å². The lowest BCUT2D eigenvalue weighted by atomic mass is 10.0. The molecule has 0 unspecified atom stereocenters. The van der Waals surface area contributed by atoms with Gasteiger partial charge in [0, 0.05) is 0 Å². The van der Waals surface area contributed by atoms with E-state index in [1.54, 1.807) is 6.20 Å². The molecule has 1 aromatic carbocycles. The van der Waals surface area contributed by atoms with Crippen molar-refractivity contribution in [2.75, 3.05) is 0 Å². The minimum absolute atomic E-state index is 0.986. The largest absolute Gasteiger partial charge is 0.404 e. The Morgan fingerprint density at radius 1 is 1.50 bits per heavy atom. The van der Waals surface area contributed by atoms with Crippen LogP contribution in [0.15, 0.2) is 30.5 Å². The molecule has 0 amide bonds. The standard InChI is InChI=1S/C11H15N/c1-3-10(8-12)11-6-4-5-9(2)7-11/h4-8H,3,12H2,1-2H3/b10-8-. The Bertz CT molecular complexity index is 287. The Balaban J connectivity index is 3.02. The predicted octanol–water partition coefficient (Wildman–Crippen LogP) is 2.70. The molecule has 0 spiro atoms. The molecule has 1 heteroatoms. The Labute approximate surface area is 73.9 Å². The van der Waals surface area contributed by atoms with Gasteiger partial charge in [-0.15, -0.1) is 0 Å². The number of hydrogen-bond acceptors (Lipinski definition) is 1. The van der Waals surface area contributed by atoms with Gasteiger partial charge in [0.2, 0.25) is 0 Å². The Morgan fingerprint density at radius 3 is 2.75 bits per heavy atom. The third kappa shape index (κ3) is 1.88. The Morgan fingerprint density at radius 2 is 2.25 bits per heavy atom. The van der Waals surface area contributed by atoms with Crippen LogP contribution in [-0.4, -0.2) is 0 Å². The van der Waals surface area contributed by atoms with E-state index < -0.39 is 0 Å². The predicted molar refractivity (Wildman–Crippen MR) is 53.6 cm³/mol. The van der Waals surface area contributed by atoms with Crippen LogP contribution in [0.2, 0.25) is 0 Å². The molecule has 0 radical (unpaired) electrons. The highest BCUT2D eigenvalue weighted by atomic mass is 14.5. The zero-order chi connectivity index (χ0) is 8.97. The van der Waals surface area contributed by atoms with E-state index in [1.165, 1.54) is 16.7 Å². The summed E-state index contributed by atoms with van der Waals surface area (Å²) in [6.07, 6.45) is 2.68. The molecule has 0 fully saturated rings. The maximum absolute atomic E-state index is 5.50. The van der Waals surface area contributed by atoms with Gasteiger partial charge in [-0.2, -0.15) is 0 Å². The smallest absolute Gasteiger partial charge is 0.00238 e. The Kier molecular flexibility index (Phi) is 2.92. The zero-order valence-corrected chi connectivity index (χ0v) is 7.67. The molecule has 0 bridgehead atoms. The fraction of sp³-hybridized carbons (Fsp3) is 0.273. The molecule has 1 nitrogen and oxygen atoms in total. The normalized spacial score (nSPS) is 11.7. The summed E-state index contributed by atoms with van der Waals surface area (Å²) in [5.74, 6) is 0. The minimum atomic E-state index is 0.986. The summed E-state index contributed by atoms with van der Waals surface area (Å²) in [6, 6.07) is 8.40. The van der Waals surface area contributed by atoms with E-state index in [-0.39, 0.29) is 0 Å². The van der Waals surface area contributed by atoms with Crippen molar-refractivity contribution in [1.82, 2.24) is 0 Å². The monoisotopic (exact) mass is 161 g/mol. The molecule has 12 heavy (non-hydrogen) atoms. The number of aryl methyl sites for hydroxylation is 1. The molecule has 0 aliphatic heterocycles. The van der Waals surface area contributed by atoms with E-state index in [2.05, 4.69) is 38.1 Å². The van der Waals surface area contributed by atoms with E-state index in [4.69, 9.17) is 5.73 Å². The van der Waals surface area contributed by atoms with Crippen LogP contribution < -0.4 is 5.73 Å². The summed E-state index contributed by atoms with van der Waals surface area (Å²) in [6.45, 7) is 4.20. The van der Waals surface area contributed by atoms with Gasteiger partial charge in [-0.1, -0.05) is 36.8 Å². The van der Waals surface area contributed by atoms with Crippen LogP contribution in [-0.2, 0) is 0 Å². The fourth-order valence-electron chi connectivity index (χ4n) is 1.26. The first kappa shape index (κ1) is 8.85. The molecule has 0 saturated heterocycles. The number of hydrogen-bond donors (Lipinski definition) is 1. The van der Waals surface area contributed by atoms with Crippen LogP contribution in [0.5, 0.6) is 0 Å². The summed E-state index contributed by atoms with van der Waals surface area (Å²) >= 11 is 0. The fourth-order valence-corrected chi connectivity index (χ4v) is 1.26. The molecule has 1 rings (SSSR count). The second-order valence-electron chi connectivity index (χ2n) is 2.91. The van der Waals surface area contributed by atoms with Crippen molar-refractivity contribution in [2.24, 2.45) is 5.73 Å². The molecule has 0 aromatic heterocycles. The number of rotatable bonds is 2. The lowest BCUT2D eigenvalue weighted by molar-refractivity contribution is 1.22. The third-order valence-electron chi connectivity index (χ3n) is 1.97. The third-order valence-corrected chi connectivity index (χ3v) is 1.97. The average molecular weight is 161 g/mol. The lowest BCUT2D eigenvalue weighted by Crippen LogP contribution is -1.88. The van der Waals surface area contributed by atoms with Gasteiger partial charge in [0.1, 0.15) is 0 Å². The average Bonchev–Trinajstić information content (AvgIpc) is 2.07. The Hall–Kier alpha value is -1.24. The highest BCUT2D eigenvalue weighted by Crippen LogP contribution is 2.17. The topological polar surface area (TPSA) is 26.0 Å². The van der Waals surface area contributed by atoms with E-state index in [0.717, 1.165) is 6.42 Å². The summed E-state index contributed by atoms with van der Waals surface area (Å²) in [4.78, 5) is 0. The molecule has 0 heterocycles. The summed E-state index contributed by atoms with van der Waals surface area (Å²) < 4.78 is 0. The van der Waals surface area contributed by atoms with Crippen molar-refractivity contribution in [1.29, 1.82) is 0 Å². The van der Waals surface area contributed by atoms with E-state index in [1.807, 2.05) is 0 Å². The highest BCUT2D eigenvalue weighted by molar-refractivity contribution is 5.65. The van der Waals surface area contributed by atoms with E-state index in [0.29, 0.717) is 0 Å². The molecule has 2 N–H and O–H groups in total. The van der Waals surface area contributed by atoms with E-state index in [9.17, 15) is 0 Å². The summed E-state index contributed by atoms with van der Waals surface area (Å²) in [7, 11) is 0. The SMILES string of the molecule is CC/C(=C/N)c1cccc(C)c1. The molecular weight excluding hydrogens is 146 g/mol. The van der Waals surface area contributed by atoms with Crippen LogP contribution in [0.4, 0.5) is 0 Å². The number of allylic oxidation sites excluding steroid dienone is 1. The van der Waals surface area contributed by atoms with Gasteiger partial charge < -0.3 is 5.73 Å². The molecule has 0 aliphatic carbocycles. The molecule has 0 aliphatic rings. The van der Waals surface area contributed by atoms with Gasteiger partial charge in [0.05, 0.1) is 0 Å². The van der Waals surface area contributed by atoms with Crippen LogP contribution in [0, 0.1) is 6.92 Å². The van der Waals surface area contributed by atoms with Gasteiger partial charge in [-0.3, -0.25) is 0 Å². The zero-order valence-electron chi connectivity index (χ0n) is 7.67. The lowest BCUT2D eigenvalue weighted by Gasteiger charge is -2.03. The molecular formula is C11H15N. The van der Waals surface area contributed by atoms with Crippen LogP contribution >= 0.6 is 0 Å². The van der Waals surface area contributed by atoms with Crippen molar-refractivity contribution in [3.8, 4) is 0 Å². The van der Waals surface area contributed by atoms with E-state index >= 15 is 0 Å². The van der Waals surface area contributed by atoms with Gasteiger partial charge in [0.15, 0.2) is 0 Å². The van der Waals surface area contributed by atoms with Crippen molar-refractivity contribution in [3.63, 3.8) is 0 Å². The van der Waals surface area contributed by atoms with Gasteiger partial charge in [-0.05, 0) is 30.7 Å². The second-order valence-corrected chi connectivity index (χ2v) is 2.91. The minimum Gasteiger partial charge on any atom is -0.404 e.